The second kappa shape index (κ2) is 8.21. The number of amides is 1. The van der Waals surface area contributed by atoms with E-state index in [1.807, 2.05) is 11.0 Å². The lowest BCUT2D eigenvalue weighted by Crippen LogP contribution is -2.34. The lowest BCUT2D eigenvalue weighted by Gasteiger charge is -2.25. The van der Waals surface area contributed by atoms with Crippen LogP contribution in [0.15, 0.2) is 48.5 Å². The van der Waals surface area contributed by atoms with Crippen molar-refractivity contribution in [1.29, 1.82) is 0 Å². The van der Waals surface area contributed by atoms with Gasteiger partial charge in [-0.2, -0.15) is 0 Å². The number of rotatable bonds is 7. The van der Waals surface area contributed by atoms with Crippen LogP contribution in [0, 0.1) is 11.6 Å². The third-order valence-electron chi connectivity index (χ3n) is 4.59. The van der Waals surface area contributed by atoms with Gasteiger partial charge in [0.2, 0.25) is 5.91 Å². The highest BCUT2D eigenvalue weighted by atomic mass is 19.1. The zero-order valence-electron chi connectivity index (χ0n) is 14.1. The molecule has 1 atom stereocenters. The molecule has 1 aliphatic rings. The summed E-state index contributed by atoms with van der Waals surface area (Å²) < 4.78 is 26.2. The predicted molar refractivity (Wildman–Crippen MR) is 92.7 cm³/mol. The number of likely N-dealkylation sites (tertiary alicyclic amines) is 1. The van der Waals surface area contributed by atoms with Crippen molar-refractivity contribution in [2.45, 2.75) is 38.4 Å². The molecule has 2 aromatic carbocycles. The molecule has 1 saturated heterocycles. The van der Waals surface area contributed by atoms with Gasteiger partial charge in [-0.15, -0.1) is 0 Å². The minimum atomic E-state index is -0.276. The Balaban J connectivity index is 1.49. The van der Waals surface area contributed by atoms with Crippen molar-refractivity contribution in [3.05, 3.63) is 71.3 Å². The molecule has 1 N–H and O–H groups in total. The van der Waals surface area contributed by atoms with Gasteiger partial charge >= 0.3 is 0 Å². The van der Waals surface area contributed by atoms with Crippen LogP contribution in [-0.2, 0) is 17.9 Å². The number of nitrogens with zero attached hydrogens (tertiary/aromatic N) is 1. The quantitative estimate of drug-likeness (QED) is 0.778. The topological polar surface area (TPSA) is 32.3 Å². The lowest BCUT2D eigenvalue weighted by molar-refractivity contribution is -0.129. The van der Waals surface area contributed by atoms with Crippen molar-refractivity contribution < 1.29 is 13.6 Å². The Bertz CT molecular complexity index is 718. The van der Waals surface area contributed by atoms with E-state index in [0.717, 1.165) is 30.5 Å². The minimum Gasteiger partial charge on any atom is -0.335 e. The molecule has 0 saturated carbocycles. The standard InChI is InChI=1S/C20H22F2N2O/c21-17-6-4-15(5-7-17)13-23-11-10-19-8-9-20(25)24(19)14-16-2-1-3-18(22)12-16/h1-7,12,19,23H,8-11,13-14H2/t19-/m0/s1. The van der Waals surface area contributed by atoms with Crippen LogP contribution in [0.1, 0.15) is 30.4 Å². The second-order valence-electron chi connectivity index (χ2n) is 6.44. The molecule has 5 heteroatoms. The summed E-state index contributed by atoms with van der Waals surface area (Å²) in [6.07, 6.45) is 2.24. The van der Waals surface area contributed by atoms with Crippen molar-refractivity contribution in [2.75, 3.05) is 6.54 Å². The molecule has 2 aromatic rings. The van der Waals surface area contributed by atoms with E-state index in [0.29, 0.717) is 19.5 Å². The van der Waals surface area contributed by atoms with Crippen LogP contribution in [0.25, 0.3) is 0 Å². The highest BCUT2D eigenvalue weighted by Gasteiger charge is 2.30. The third-order valence-corrected chi connectivity index (χ3v) is 4.59. The number of carbonyl (C=O) groups excluding carboxylic acids is 1. The van der Waals surface area contributed by atoms with Gasteiger partial charge in [0.05, 0.1) is 0 Å². The Morgan fingerprint density at radius 1 is 1.04 bits per heavy atom. The fourth-order valence-corrected chi connectivity index (χ4v) is 3.25. The zero-order valence-corrected chi connectivity index (χ0v) is 14.1. The molecule has 3 nitrogen and oxygen atoms in total. The van der Waals surface area contributed by atoms with Gasteiger partial charge in [-0.25, -0.2) is 8.78 Å². The smallest absolute Gasteiger partial charge is 0.223 e. The maximum absolute atomic E-state index is 13.3. The minimum absolute atomic E-state index is 0.132. The van der Waals surface area contributed by atoms with Gasteiger partial charge in [0.1, 0.15) is 11.6 Å². The Labute approximate surface area is 146 Å². The molecular weight excluding hydrogens is 322 g/mol. The average molecular weight is 344 g/mol. The number of hydrogen-bond acceptors (Lipinski definition) is 2. The Hall–Kier alpha value is -2.27. The van der Waals surface area contributed by atoms with Gasteiger partial charge < -0.3 is 10.2 Å². The molecular formula is C20H22F2N2O. The van der Waals surface area contributed by atoms with Gasteiger partial charge in [-0.05, 0) is 54.8 Å². The Morgan fingerprint density at radius 2 is 1.84 bits per heavy atom. The Morgan fingerprint density at radius 3 is 2.60 bits per heavy atom. The van der Waals surface area contributed by atoms with Crippen LogP contribution in [0.2, 0.25) is 0 Å². The first-order valence-electron chi connectivity index (χ1n) is 8.61. The van der Waals surface area contributed by atoms with E-state index in [2.05, 4.69) is 5.32 Å². The van der Waals surface area contributed by atoms with Gasteiger partial charge in [-0.1, -0.05) is 24.3 Å². The van der Waals surface area contributed by atoms with Gasteiger partial charge in [0.15, 0.2) is 0 Å². The molecule has 0 spiro atoms. The van der Waals surface area contributed by atoms with Crippen molar-refractivity contribution >= 4 is 5.91 Å². The molecule has 3 rings (SSSR count). The number of nitrogens with one attached hydrogen (secondary N) is 1. The molecule has 132 valence electrons. The molecule has 0 aromatic heterocycles. The fourth-order valence-electron chi connectivity index (χ4n) is 3.25. The van der Waals surface area contributed by atoms with Gasteiger partial charge in [-0.3, -0.25) is 4.79 Å². The van der Waals surface area contributed by atoms with E-state index in [4.69, 9.17) is 0 Å². The van der Waals surface area contributed by atoms with Gasteiger partial charge in [0, 0.05) is 25.6 Å². The van der Waals surface area contributed by atoms with Crippen LogP contribution >= 0.6 is 0 Å². The van der Waals surface area contributed by atoms with Crippen LogP contribution in [-0.4, -0.2) is 23.4 Å². The normalized spacial score (nSPS) is 17.3. The molecule has 1 fully saturated rings. The third kappa shape index (κ3) is 4.86. The summed E-state index contributed by atoms with van der Waals surface area (Å²) in [5, 5.41) is 3.34. The molecule has 0 unspecified atom stereocenters. The molecule has 25 heavy (non-hydrogen) atoms. The average Bonchev–Trinajstić information content (AvgIpc) is 2.94. The predicted octanol–water partition coefficient (Wildman–Crippen LogP) is 3.64. The van der Waals surface area contributed by atoms with Crippen LogP contribution in [0.4, 0.5) is 8.78 Å². The Kier molecular flexibility index (Phi) is 5.76. The molecule has 1 amide bonds. The van der Waals surface area contributed by atoms with E-state index in [1.165, 1.54) is 24.3 Å². The number of benzene rings is 2. The van der Waals surface area contributed by atoms with Crippen LogP contribution in [0.3, 0.4) is 0 Å². The second-order valence-corrected chi connectivity index (χ2v) is 6.44. The molecule has 0 radical (unpaired) electrons. The monoisotopic (exact) mass is 344 g/mol. The number of carbonyl (C=O) groups is 1. The molecule has 0 aliphatic carbocycles. The van der Waals surface area contributed by atoms with Crippen LogP contribution in [0.5, 0.6) is 0 Å². The summed E-state index contributed by atoms with van der Waals surface area (Å²) in [7, 11) is 0. The number of hydrogen-bond donors (Lipinski definition) is 1. The number of halogens is 2. The SMILES string of the molecule is O=C1CC[C@@H](CCNCc2ccc(F)cc2)N1Cc1cccc(F)c1. The maximum atomic E-state index is 13.3. The first-order chi connectivity index (χ1) is 12.1. The summed E-state index contributed by atoms with van der Waals surface area (Å²) in [4.78, 5) is 14.0. The highest BCUT2D eigenvalue weighted by molar-refractivity contribution is 5.78. The molecule has 1 heterocycles. The summed E-state index contributed by atoms with van der Waals surface area (Å²) in [5.41, 5.74) is 1.85. The van der Waals surface area contributed by atoms with E-state index >= 15 is 0 Å². The lowest BCUT2D eigenvalue weighted by atomic mass is 10.1. The zero-order chi connectivity index (χ0) is 17.6. The van der Waals surface area contributed by atoms with E-state index < -0.39 is 0 Å². The van der Waals surface area contributed by atoms with Crippen molar-refractivity contribution in [1.82, 2.24) is 10.2 Å². The van der Waals surface area contributed by atoms with Crippen LogP contribution < -0.4 is 5.32 Å². The fraction of sp³-hybridized carbons (Fsp3) is 0.350. The van der Waals surface area contributed by atoms with E-state index in [1.54, 1.807) is 18.2 Å². The molecule has 1 aliphatic heterocycles. The maximum Gasteiger partial charge on any atom is 0.223 e. The summed E-state index contributed by atoms with van der Waals surface area (Å²) >= 11 is 0. The van der Waals surface area contributed by atoms with Crippen molar-refractivity contribution in [3.63, 3.8) is 0 Å². The molecule has 0 bridgehead atoms. The summed E-state index contributed by atoms with van der Waals surface area (Å²) in [6.45, 7) is 1.90. The summed E-state index contributed by atoms with van der Waals surface area (Å²) in [6, 6.07) is 13.0. The highest BCUT2D eigenvalue weighted by Crippen LogP contribution is 2.23. The summed E-state index contributed by atoms with van der Waals surface area (Å²) in [5.74, 6) is -0.379. The first kappa shape index (κ1) is 17.5. The van der Waals surface area contributed by atoms with Crippen molar-refractivity contribution in [3.8, 4) is 0 Å². The largest absolute Gasteiger partial charge is 0.335 e. The van der Waals surface area contributed by atoms with Gasteiger partial charge in [0.25, 0.3) is 0 Å². The van der Waals surface area contributed by atoms with E-state index in [9.17, 15) is 13.6 Å². The van der Waals surface area contributed by atoms with Crippen molar-refractivity contribution in [2.24, 2.45) is 0 Å². The first-order valence-corrected chi connectivity index (χ1v) is 8.61. The van der Waals surface area contributed by atoms with E-state index in [-0.39, 0.29) is 23.6 Å².